The first kappa shape index (κ1) is 24.6. The van der Waals surface area contributed by atoms with Gasteiger partial charge in [-0.3, -0.25) is 19.4 Å². The zero-order valence-corrected chi connectivity index (χ0v) is 20.8. The monoisotopic (exact) mass is 498 g/mol. The predicted octanol–water partition coefficient (Wildman–Crippen LogP) is 2.96. The number of allylic oxidation sites excluding steroid dienone is 1. The van der Waals surface area contributed by atoms with E-state index < -0.39 is 23.9 Å². The van der Waals surface area contributed by atoms with Crippen LogP contribution in [0.15, 0.2) is 77.7 Å². The number of aliphatic hydroxyl groups excluding tert-OH is 1. The molecule has 0 bridgehead atoms. The molecule has 0 unspecified atom stereocenters. The molecule has 0 aliphatic carbocycles. The van der Waals surface area contributed by atoms with Crippen molar-refractivity contribution in [3.8, 4) is 0 Å². The van der Waals surface area contributed by atoms with Crippen LogP contribution in [0.25, 0.3) is 6.08 Å². The summed E-state index contributed by atoms with van der Waals surface area (Å²) in [4.78, 5) is 46.6. The fraction of sp³-hybridized carbons (Fsp3) is 0.310. The molecule has 0 radical (unpaired) electrons. The molecule has 1 fully saturated rings. The normalized spacial score (nSPS) is 23.1. The molecule has 0 spiro atoms. The number of aromatic nitrogens is 2. The summed E-state index contributed by atoms with van der Waals surface area (Å²) < 4.78 is 1.67. The van der Waals surface area contributed by atoms with Crippen LogP contribution in [0.2, 0.25) is 0 Å². The maximum absolute atomic E-state index is 13.9. The average Bonchev–Trinajstić information content (AvgIpc) is 3.46. The number of nitrogens with one attached hydrogen (secondary N) is 1. The zero-order valence-electron chi connectivity index (χ0n) is 20.8. The number of likely N-dealkylation sites (tertiary alicyclic amines) is 1. The van der Waals surface area contributed by atoms with Crippen molar-refractivity contribution in [2.75, 3.05) is 6.61 Å². The molecule has 8 nitrogen and oxygen atoms in total. The van der Waals surface area contributed by atoms with E-state index in [2.05, 4.69) is 10.3 Å². The molecule has 2 amide bonds. The van der Waals surface area contributed by atoms with Gasteiger partial charge in [0.25, 0.3) is 11.5 Å². The van der Waals surface area contributed by atoms with Crippen molar-refractivity contribution in [1.29, 1.82) is 0 Å². The summed E-state index contributed by atoms with van der Waals surface area (Å²) in [5.74, 6) is -1.59. The number of amides is 2. The number of nitrogens with zero attached hydrogens (tertiary/aromatic N) is 3. The first-order valence-corrected chi connectivity index (χ1v) is 12.5. The maximum Gasteiger partial charge on any atom is 0.273 e. The zero-order chi connectivity index (χ0) is 26.1. The number of hydrogen-bond acceptors (Lipinski definition) is 5. The molecule has 4 heterocycles. The summed E-state index contributed by atoms with van der Waals surface area (Å²) in [6.07, 6.45) is 5.10. The summed E-state index contributed by atoms with van der Waals surface area (Å²) in [6, 6.07) is 16.5. The van der Waals surface area contributed by atoms with Crippen LogP contribution in [-0.2, 0) is 11.3 Å². The summed E-state index contributed by atoms with van der Waals surface area (Å²) in [7, 11) is 0. The van der Waals surface area contributed by atoms with Gasteiger partial charge >= 0.3 is 0 Å². The molecule has 2 N–H and O–H groups in total. The highest BCUT2D eigenvalue weighted by Crippen LogP contribution is 2.49. The first-order valence-electron chi connectivity index (χ1n) is 12.5. The molecular weight excluding hydrogens is 468 g/mol. The van der Waals surface area contributed by atoms with Crippen LogP contribution in [0.5, 0.6) is 0 Å². The lowest BCUT2D eigenvalue weighted by atomic mass is 9.88. The Morgan fingerprint density at radius 1 is 1.14 bits per heavy atom. The minimum atomic E-state index is -0.917. The van der Waals surface area contributed by atoms with Crippen molar-refractivity contribution in [2.45, 2.75) is 38.5 Å². The Morgan fingerprint density at radius 3 is 2.57 bits per heavy atom. The Bertz CT molecular complexity index is 1390. The number of carbonyl (C=O) groups is 2. The summed E-state index contributed by atoms with van der Waals surface area (Å²) in [5.41, 5.74) is 2.22. The van der Waals surface area contributed by atoms with Gasteiger partial charge in [0, 0.05) is 42.4 Å². The van der Waals surface area contributed by atoms with Gasteiger partial charge in [0.1, 0.15) is 11.7 Å². The lowest BCUT2D eigenvalue weighted by molar-refractivity contribution is -0.127. The van der Waals surface area contributed by atoms with Gasteiger partial charge in [0.15, 0.2) is 0 Å². The Kier molecular flexibility index (Phi) is 6.76. The Balaban J connectivity index is 1.57. The Hall–Kier alpha value is -4.04. The molecule has 1 saturated heterocycles. The molecule has 8 heteroatoms. The molecule has 37 heavy (non-hydrogen) atoms. The number of carbonyl (C=O) groups excluding carboxylic acids is 2. The minimum Gasteiger partial charge on any atom is -0.396 e. The van der Waals surface area contributed by atoms with Crippen LogP contribution in [0.4, 0.5) is 0 Å². The molecule has 2 aliphatic rings. The smallest absolute Gasteiger partial charge is 0.273 e. The predicted molar refractivity (Wildman–Crippen MR) is 139 cm³/mol. The number of pyridine rings is 2. The van der Waals surface area contributed by atoms with Crippen LogP contribution >= 0.6 is 0 Å². The quantitative estimate of drug-likeness (QED) is 0.544. The molecule has 3 aromatic rings. The fourth-order valence-corrected chi connectivity index (χ4v) is 5.78. The van der Waals surface area contributed by atoms with Crippen molar-refractivity contribution in [3.05, 3.63) is 106 Å². The molecule has 2 aromatic heterocycles. The van der Waals surface area contributed by atoms with Crippen LogP contribution in [-0.4, -0.2) is 44.0 Å². The summed E-state index contributed by atoms with van der Waals surface area (Å²) in [6.45, 7) is 3.76. The second-order valence-corrected chi connectivity index (χ2v) is 9.60. The fourth-order valence-electron chi connectivity index (χ4n) is 5.78. The van der Waals surface area contributed by atoms with Gasteiger partial charge in [-0.15, -0.1) is 0 Å². The lowest BCUT2D eigenvalue weighted by Crippen LogP contribution is -2.51. The molecule has 5 rings (SSSR count). The molecule has 5 atom stereocenters. The van der Waals surface area contributed by atoms with Gasteiger partial charge in [-0.2, -0.15) is 0 Å². The van der Waals surface area contributed by atoms with Crippen molar-refractivity contribution >= 4 is 17.9 Å². The van der Waals surface area contributed by atoms with E-state index >= 15 is 0 Å². The topological polar surface area (TPSA) is 105 Å². The minimum absolute atomic E-state index is 0.148. The molecule has 1 aromatic carbocycles. The van der Waals surface area contributed by atoms with E-state index in [1.54, 1.807) is 41.0 Å². The average molecular weight is 499 g/mol. The standard InChI is InChI=1S/C29H30N4O4/c1-3-9-20-13-14-24-25-21(16-32(24)28(20)36)22(17-34)26(33(25)29(37)23-12-7-8-15-30-23)27(35)31-18(2)19-10-5-4-6-11-19/h3-15,18,21-22,25-26,34H,16-17H2,1-2H3,(H,31,35)/b9-3+/t18-,21-,22-,25+,26-/m1/s1. The number of rotatable bonds is 6. The van der Waals surface area contributed by atoms with E-state index in [0.29, 0.717) is 17.8 Å². The third-order valence-corrected chi connectivity index (χ3v) is 7.50. The summed E-state index contributed by atoms with van der Waals surface area (Å²) in [5, 5.41) is 13.6. The van der Waals surface area contributed by atoms with Gasteiger partial charge < -0.3 is 19.9 Å². The van der Waals surface area contributed by atoms with E-state index in [1.165, 1.54) is 11.1 Å². The van der Waals surface area contributed by atoms with Crippen molar-refractivity contribution in [2.24, 2.45) is 11.8 Å². The third kappa shape index (κ3) is 4.27. The number of benzene rings is 1. The van der Waals surface area contributed by atoms with Gasteiger partial charge in [-0.05, 0) is 43.7 Å². The van der Waals surface area contributed by atoms with Crippen LogP contribution in [0.1, 0.15) is 53.2 Å². The second-order valence-electron chi connectivity index (χ2n) is 9.60. The molecule has 190 valence electrons. The maximum atomic E-state index is 13.9. The van der Waals surface area contributed by atoms with Gasteiger partial charge in [0.05, 0.1) is 12.1 Å². The Morgan fingerprint density at radius 2 is 1.89 bits per heavy atom. The molecule has 0 saturated carbocycles. The van der Waals surface area contributed by atoms with E-state index in [-0.39, 0.29) is 35.7 Å². The van der Waals surface area contributed by atoms with Gasteiger partial charge in [-0.25, -0.2) is 0 Å². The molecular formula is C29H30N4O4. The van der Waals surface area contributed by atoms with Gasteiger partial charge in [0.2, 0.25) is 5.91 Å². The molecule has 2 aliphatic heterocycles. The van der Waals surface area contributed by atoms with E-state index in [4.69, 9.17) is 0 Å². The van der Waals surface area contributed by atoms with Crippen LogP contribution in [0, 0.1) is 11.8 Å². The number of aliphatic hydroxyl groups is 1. The van der Waals surface area contributed by atoms with E-state index in [0.717, 1.165) is 5.56 Å². The second kappa shape index (κ2) is 10.1. The van der Waals surface area contributed by atoms with E-state index in [1.807, 2.05) is 50.2 Å². The van der Waals surface area contributed by atoms with Crippen molar-refractivity contribution in [1.82, 2.24) is 19.8 Å². The van der Waals surface area contributed by atoms with Gasteiger partial charge in [-0.1, -0.05) is 48.6 Å². The highest BCUT2D eigenvalue weighted by molar-refractivity contribution is 5.97. The van der Waals surface area contributed by atoms with E-state index in [9.17, 15) is 19.5 Å². The third-order valence-electron chi connectivity index (χ3n) is 7.50. The van der Waals surface area contributed by atoms with Crippen LogP contribution in [0.3, 0.4) is 0 Å². The van der Waals surface area contributed by atoms with Crippen LogP contribution < -0.4 is 10.9 Å². The Labute approximate surface area is 215 Å². The summed E-state index contributed by atoms with van der Waals surface area (Å²) >= 11 is 0. The highest BCUT2D eigenvalue weighted by atomic mass is 16.3. The largest absolute Gasteiger partial charge is 0.396 e. The highest BCUT2D eigenvalue weighted by Gasteiger charge is 2.57. The first-order chi connectivity index (χ1) is 18.0. The van der Waals surface area contributed by atoms with Crippen molar-refractivity contribution in [3.63, 3.8) is 0 Å². The number of fused-ring (bicyclic) bond motifs is 3. The lowest BCUT2D eigenvalue weighted by Gasteiger charge is -2.31. The van der Waals surface area contributed by atoms with Crippen molar-refractivity contribution < 1.29 is 14.7 Å². The SMILES string of the molecule is C/C=C/c1ccc2n(c1=O)C[C@@H]1[C@@H](CO)[C@H](C(=O)N[C@H](C)c3ccccc3)N(C(=O)c3ccccn3)[C@H]21. The number of hydrogen-bond donors (Lipinski definition) is 2.